The minimum absolute atomic E-state index is 0.125. The second-order valence-electron chi connectivity index (χ2n) is 8.91. The summed E-state index contributed by atoms with van der Waals surface area (Å²) in [6.45, 7) is 1.74. The van der Waals surface area contributed by atoms with E-state index in [-0.39, 0.29) is 11.7 Å². The number of hydrogen-bond donors (Lipinski definition) is 4. The van der Waals surface area contributed by atoms with Gasteiger partial charge >= 0.3 is 5.69 Å². The molecule has 0 radical (unpaired) electrons. The summed E-state index contributed by atoms with van der Waals surface area (Å²) in [6.07, 6.45) is 14.2. The van der Waals surface area contributed by atoms with Crippen LogP contribution in [0.2, 0.25) is 0 Å². The zero-order chi connectivity index (χ0) is 24.8. The van der Waals surface area contributed by atoms with Crippen molar-refractivity contribution in [2.24, 2.45) is 0 Å². The first-order valence-corrected chi connectivity index (χ1v) is 12.6. The Morgan fingerprint density at radius 2 is 1.71 bits per heavy atom. The second-order valence-corrected chi connectivity index (χ2v) is 8.91. The number of aliphatic hydroxyl groups is 3. The van der Waals surface area contributed by atoms with E-state index < -0.39 is 36.8 Å². The van der Waals surface area contributed by atoms with Crippen molar-refractivity contribution < 1.29 is 24.9 Å². The van der Waals surface area contributed by atoms with Crippen molar-refractivity contribution in [1.82, 2.24) is 9.55 Å². The van der Waals surface area contributed by atoms with E-state index in [1.165, 1.54) is 50.8 Å². The van der Waals surface area contributed by atoms with Gasteiger partial charge in [-0.15, -0.1) is 0 Å². The molecule has 1 aromatic heterocycles. The molecule has 1 aliphatic rings. The van der Waals surface area contributed by atoms with Crippen molar-refractivity contribution in [2.75, 3.05) is 11.9 Å². The zero-order valence-corrected chi connectivity index (χ0v) is 20.3. The Balaban J connectivity index is 1.60. The van der Waals surface area contributed by atoms with Gasteiger partial charge in [0, 0.05) is 12.6 Å². The van der Waals surface area contributed by atoms with Crippen LogP contribution in [-0.2, 0) is 9.53 Å². The third-order valence-electron chi connectivity index (χ3n) is 6.05. The molecule has 2 heterocycles. The second kappa shape index (κ2) is 15.8. The Morgan fingerprint density at radius 3 is 2.32 bits per heavy atom. The van der Waals surface area contributed by atoms with Crippen molar-refractivity contribution >= 4 is 11.7 Å². The van der Waals surface area contributed by atoms with Gasteiger partial charge in [0.15, 0.2) is 6.23 Å². The highest BCUT2D eigenvalue weighted by atomic mass is 16.6. The third kappa shape index (κ3) is 9.29. The van der Waals surface area contributed by atoms with Crippen LogP contribution in [0.15, 0.2) is 29.2 Å². The lowest BCUT2D eigenvalue weighted by atomic mass is 10.1. The quantitative estimate of drug-likeness (QED) is 0.211. The van der Waals surface area contributed by atoms with Gasteiger partial charge in [0.2, 0.25) is 5.91 Å². The van der Waals surface area contributed by atoms with E-state index in [2.05, 4.69) is 29.4 Å². The van der Waals surface area contributed by atoms with Crippen molar-refractivity contribution in [3.8, 4) is 0 Å². The summed E-state index contributed by atoms with van der Waals surface area (Å²) in [6, 6.07) is 1.44. The van der Waals surface area contributed by atoms with Crippen LogP contribution in [-0.4, -0.2) is 55.7 Å². The first-order valence-electron chi connectivity index (χ1n) is 12.6. The molecule has 192 valence electrons. The van der Waals surface area contributed by atoms with Gasteiger partial charge in [-0.25, -0.2) is 4.79 Å². The number of aliphatic hydroxyl groups excluding tert-OH is 3. The summed E-state index contributed by atoms with van der Waals surface area (Å²) in [5.41, 5.74) is -0.734. The fraction of sp³-hybridized carbons (Fsp3) is 0.720. The van der Waals surface area contributed by atoms with Crippen LogP contribution >= 0.6 is 0 Å². The molecule has 0 spiro atoms. The van der Waals surface area contributed by atoms with Crippen molar-refractivity contribution in [3.05, 3.63) is 34.9 Å². The minimum Gasteiger partial charge on any atom is -0.394 e. The SMILES string of the molecule is CCCCCCC=CCCCCCCCC(=O)Nc1ccn([C@@H]2O[C@H](CO)[C@@H](O)[C@@H]2O)c(=O)n1. The van der Waals surface area contributed by atoms with E-state index >= 15 is 0 Å². The summed E-state index contributed by atoms with van der Waals surface area (Å²) in [7, 11) is 0. The highest BCUT2D eigenvalue weighted by molar-refractivity contribution is 5.89. The van der Waals surface area contributed by atoms with Crippen molar-refractivity contribution in [2.45, 2.75) is 109 Å². The number of amides is 1. The van der Waals surface area contributed by atoms with E-state index in [0.29, 0.717) is 6.42 Å². The molecule has 0 unspecified atom stereocenters. The lowest BCUT2D eigenvalue weighted by Crippen LogP contribution is -2.36. The number of ether oxygens (including phenoxy) is 1. The Labute approximate surface area is 201 Å². The van der Waals surface area contributed by atoms with Gasteiger partial charge in [-0.1, -0.05) is 57.6 Å². The molecule has 9 nitrogen and oxygen atoms in total. The van der Waals surface area contributed by atoms with Gasteiger partial charge < -0.3 is 25.4 Å². The lowest BCUT2D eigenvalue weighted by molar-refractivity contribution is -0.116. The molecule has 0 saturated carbocycles. The third-order valence-corrected chi connectivity index (χ3v) is 6.05. The van der Waals surface area contributed by atoms with Crippen LogP contribution in [0.3, 0.4) is 0 Å². The monoisotopic (exact) mass is 479 g/mol. The van der Waals surface area contributed by atoms with Crippen LogP contribution in [0, 0.1) is 0 Å². The first-order chi connectivity index (χ1) is 16.5. The van der Waals surface area contributed by atoms with Gasteiger partial charge in [-0.3, -0.25) is 9.36 Å². The summed E-state index contributed by atoms with van der Waals surface area (Å²) in [4.78, 5) is 28.3. The molecular weight excluding hydrogens is 438 g/mol. The summed E-state index contributed by atoms with van der Waals surface area (Å²) in [5, 5.41) is 31.7. The summed E-state index contributed by atoms with van der Waals surface area (Å²) >= 11 is 0. The molecule has 9 heteroatoms. The lowest BCUT2D eigenvalue weighted by Gasteiger charge is -2.17. The van der Waals surface area contributed by atoms with Gasteiger partial charge in [0.1, 0.15) is 24.1 Å². The fourth-order valence-corrected chi connectivity index (χ4v) is 3.99. The number of aromatic nitrogens is 2. The predicted molar refractivity (Wildman–Crippen MR) is 130 cm³/mol. The highest BCUT2D eigenvalue weighted by Crippen LogP contribution is 2.28. The van der Waals surface area contributed by atoms with E-state index in [0.717, 1.165) is 36.7 Å². The predicted octanol–water partition coefficient (Wildman–Crippen LogP) is 3.05. The van der Waals surface area contributed by atoms with Crippen LogP contribution in [0.1, 0.15) is 90.2 Å². The largest absolute Gasteiger partial charge is 0.394 e. The van der Waals surface area contributed by atoms with Gasteiger partial charge in [-0.2, -0.15) is 4.98 Å². The average Bonchev–Trinajstić information content (AvgIpc) is 3.10. The highest BCUT2D eigenvalue weighted by Gasteiger charge is 2.43. The number of nitrogens with one attached hydrogen (secondary N) is 1. The van der Waals surface area contributed by atoms with Crippen LogP contribution < -0.4 is 11.0 Å². The number of unbranched alkanes of at least 4 members (excludes halogenated alkanes) is 9. The number of rotatable bonds is 16. The van der Waals surface area contributed by atoms with Crippen molar-refractivity contribution in [3.63, 3.8) is 0 Å². The fourth-order valence-electron chi connectivity index (χ4n) is 3.99. The average molecular weight is 480 g/mol. The van der Waals surface area contributed by atoms with E-state index in [1.54, 1.807) is 0 Å². The summed E-state index contributed by atoms with van der Waals surface area (Å²) in [5.74, 6) is -0.0805. The molecule has 0 bridgehead atoms. The number of carbonyl (C=O) groups excluding carboxylic acids is 1. The number of hydrogen-bond acceptors (Lipinski definition) is 7. The number of anilines is 1. The number of nitrogens with zero attached hydrogens (tertiary/aromatic N) is 2. The van der Waals surface area contributed by atoms with Gasteiger partial charge in [0.25, 0.3) is 0 Å². The molecule has 1 amide bonds. The summed E-state index contributed by atoms with van der Waals surface area (Å²) < 4.78 is 6.36. The van der Waals surface area contributed by atoms with Crippen LogP contribution in [0.4, 0.5) is 5.82 Å². The standard InChI is InChI=1S/C25H41N3O6/c1-2-3-4-5-6-7-8-9-10-11-12-13-14-15-21(30)26-20-16-17-28(25(33)27-20)24-23(32)22(31)19(18-29)34-24/h7-8,16-17,19,22-24,29,31-32H,2-6,9-15,18H2,1H3,(H,26,27,30,33)/t19-,22-,23+,24-/m1/s1. The molecule has 4 atom stereocenters. The Kier molecular flexibility index (Phi) is 13.1. The zero-order valence-electron chi connectivity index (χ0n) is 20.3. The van der Waals surface area contributed by atoms with E-state index in [9.17, 15) is 24.9 Å². The number of carbonyl (C=O) groups is 1. The topological polar surface area (TPSA) is 134 Å². The molecular formula is C25H41N3O6. The molecule has 2 rings (SSSR count). The Morgan fingerprint density at radius 1 is 1.06 bits per heavy atom. The van der Waals surface area contributed by atoms with Gasteiger partial charge in [0.05, 0.1) is 6.61 Å². The van der Waals surface area contributed by atoms with Crippen LogP contribution in [0.5, 0.6) is 0 Å². The maximum absolute atomic E-state index is 12.3. The molecule has 4 N–H and O–H groups in total. The minimum atomic E-state index is -1.37. The maximum Gasteiger partial charge on any atom is 0.351 e. The molecule has 1 fully saturated rings. The van der Waals surface area contributed by atoms with Gasteiger partial charge in [-0.05, 0) is 38.2 Å². The van der Waals surface area contributed by atoms with E-state index in [1.807, 2.05) is 0 Å². The molecule has 1 aliphatic heterocycles. The Hall–Kier alpha value is -2.07. The van der Waals surface area contributed by atoms with Crippen LogP contribution in [0.25, 0.3) is 0 Å². The number of allylic oxidation sites excluding steroid dienone is 2. The molecule has 1 aromatic rings. The molecule has 1 saturated heterocycles. The van der Waals surface area contributed by atoms with Crippen molar-refractivity contribution in [1.29, 1.82) is 0 Å². The van der Waals surface area contributed by atoms with E-state index in [4.69, 9.17) is 4.74 Å². The maximum atomic E-state index is 12.3. The smallest absolute Gasteiger partial charge is 0.351 e. The molecule has 34 heavy (non-hydrogen) atoms. The first kappa shape index (κ1) is 28.2. The normalized spacial score (nSPS) is 22.5. The molecule has 0 aromatic carbocycles. The Bertz CT molecular complexity index is 812. The molecule has 0 aliphatic carbocycles.